The lowest BCUT2D eigenvalue weighted by Gasteiger charge is -2.23. The highest BCUT2D eigenvalue weighted by molar-refractivity contribution is 5.84. The molecule has 0 radical (unpaired) electrons. The number of amides is 2. The Labute approximate surface area is 188 Å². The fourth-order valence-corrected chi connectivity index (χ4v) is 4.04. The van der Waals surface area contributed by atoms with Gasteiger partial charge in [-0.3, -0.25) is 4.79 Å². The van der Waals surface area contributed by atoms with E-state index in [1.54, 1.807) is 6.92 Å². The Bertz CT molecular complexity index is 942. The summed E-state index contributed by atoms with van der Waals surface area (Å²) in [4.78, 5) is 36.0. The summed E-state index contributed by atoms with van der Waals surface area (Å²) in [5, 5.41) is 14.4. The van der Waals surface area contributed by atoms with E-state index in [-0.39, 0.29) is 31.3 Å². The normalized spacial score (nSPS) is 14.2. The molecule has 2 aromatic rings. The molecule has 0 fully saturated rings. The lowest BCUT2D eigenvalue weighted by molar-refractivity contribution is -0.142. The first-order valence-electron chi connectivity index (χ1n) is 11.0. The SMILES string of the molecule is CC[C@@H](NC(=O)C[C@H](NC(=O)OCC1c2ccccc2-c2ccccc21)C(C)C)C(=O)O. The molecule has 3 rings (SSSR count). The van der Waals surface area contributed by atoms with Gasteiger partial charge >= 0.3 is 12.1 Å². The molecule has 2 atom stereocenters. The second-order valence-electron chi connectivity index (χ2n) is 8.39. The van der Waals surface area contributed by atoms with E-state index in [4.69, 9.17) is 9.84 Å². The average molecular weight is 439 g/mol. The van der Waals surface area contributed by atoms with E-state index in [1.807, 2.05) is 38.1 Å². The maximum atomic E-state index is 12.5. The molecule has 0 saturated heterocycles. The van der Waals surface area contributed by atoms with Gasteiger partial charge in [0.2, 0.25) is 5.91 Å². The molecule has 3 N–H and O–H groups in total. The monoisotopic (exact) mass is 438 g/mol. The summed E-state index contributed by atoms with van der Waals surface area (Å²) in [6.45, 7) is 5.65. The number of carbonyl (C=O) groups is 3. The molecular weight excluding hydrogens is 408 g/mol. The van der Waals surface area contributed by atoms with Gasteiger partial charge in [0.05, 0.1) is 0 Å². The van der Waals surface area contributed by atoms with Gasteiger partial charge in [-0.1, -0.05) is 69.3 Å². The van der Waals surface area contributed by atoms with Crippen LogP contribution in [0, 0.1) is 5.92 Å². The van der Waals surface area contributed by atoms with Gasteiger partial charge in [0, 0.05) is 18.4 Å². The number of carboxylic acids is 1. The van der Waals surface area contributed by atoms with Gasteiger partial charge in [0.15, 0.2) is 0 Å². The van der Waals surface area contributed by atoms with E-state index in [2.05, 4.69) is 34.9 Å². The number of rotatable bonds is 9. The van der Waals surface area contributed by atoms with Crippen molar-refractivity contribution in [2.45, 2.75) is 51.6 Å². The number of hydrogen-bond acceptors (Lipinski definition) is 4. The van der Waals surface area contributed by atoms with Crippen LogP contribution < -0.4 is 10.6 Å². The first-order valence-corrected chi connectivity index (χ1v) is 11.0. The van der Waals surface area contributed by atoms with Gasteiger partial charge in [0.1, 0.15) is 12.6 Å². The van der Waals surface area contributed by atoms with Crippen molar-refractivity contribution in [1.29, 1.82) is 0 Å². The Morgan fingerprint density at radius 3 is 2.03 bits per heavy atom. The van der Waals surface area contributed by atoms with Crippen molar-refractivity contribution in [2.24, 2.45) is 5.92 Å². The van der Waals surface area contributed by atoms with E-state index in [0.717, 1.165) is 22.3 Å². The molecule has 0 unspecified atom stereocenters. The Morgan fingerprint density at radius 2 is 1.53 bits per heavy atom. The number of fused-ring (bicyclic) bond motifs is 3. The van der Waals surface area contributed by atoms with Crippen molar-refractivity contribution in [3.8, 4) is 11.1 Å². The molecule has 1 aliphatic carbocycles. The number of hydrogen-bond donors (Lipinski definition) is 3. The predicted molar refractivity (Wildman–Crippen MR) is 121 cm³/mol. The lowest BCUT2D eigenvalue weighted by Crippen LogP contribution is -2.46. The minimum Gasteiger partial charge on any atom is -0.480 e. The number of alkyl carbamates (subject to hydrolysis) is 1. The van der Waals surface area contributed by atoms with Crippen LogP contribution in [0.5, 0.6) is 0 Å². The molecule has 0 aliphatic heterocycles. The molecular formula is C25H30N2O5. The third kappa shape index (κ3) is 5.28. The Morgan fingerprint density at radius 1 is 0.969 bits per heavy atom. The maximum absolute atomic E-state index is 12.5. The summed E-state index contributed by atoms with van der Waals surface area (Å²) in [6.07, 6.45) is -0.331. The fraction of sp³-hybridized carbons (Fsp3) is 0.400. The summed E-state index contributed by atoms with van der Waals surface area (Å²) in [7, 11) is 0. The standard InChI is InChI=1S/C25H30N2O5/c1-4-21(24(29)30)26-23(28)13-22(15(2)3)27-25(31)32-14-20-18-11-7-5-9-16(18)17-10-6-8-12-19(17)20/h5-12,15,20-22H,4,13-14H2,1-3H3,(H,26,28)(H,27,31)(H,29,30)/t21-,22+/m1/s1. The molecule has 0 bridgehead atoms. The van der Waals surface area contributed by atoms with Gasteiger partial charge in [0.25, 0.3) is 0 Å². The van der Waals surface area contributed by atoms with Gasteiger partial charge in [-0.15, -0.1) is 0 Å². The quantitative estimate of drug-likeness (QED) is 0.550. The number of benzene rings is 2. The number of ether oxygens (including phenoxy) is 1. The largest absolute Gasteiger partial charge is 0.480 e. The van der Waals surface area contributed by atoms with Crippen molar-refractivity contribution >= 4 is 18.0 Å². The third-order valence-electron chi connectivity index (χ3n) is 5.90. The van der Waals surface area contributed by atoms with Crippen LogP contribution in [0.4, 0.5) is 4.79 Å². The first-order chi connectivity index (χ1) is 15.3. The highest BCUT2D eigenvalue weighted by atomic mass is 16.5. The van der Waals surface area contributed by atoms with Crippen LogP contribution in [0.3, 0.4) is 0 Å². The van der Waals surface area contributed by atoms with Gasteiger partial charge < -0.3 is 20.5 Å². The predicted octanol–water partition coefficient (Wildman–Crippen LogP) is 3.92. The second kappa shape index (κ2) is 10.3. The number of nitrogens with one attached hydrogen (secondary N) is 2. The van der Waals surface area contributed by atoms with Gasteiger partial charge in [-0.2, -0.15) is 0 Å². The third-order valence-corrected chi connectivity index (χ3v) is 5.90. The van der Waals surface area contributed by atoms with E-state index in [0.29, 0.717) is 0 Å². The Hall–Kier alpha value is -3.35. The molecule has 7 nitrogen and oxygen atoms in total. The molecule has 7 heteroatoms. The van der Waals surface area contributed by atoms with E-state index in [1.165, 1.54) is 0 Å². The van der Waals surface area contributed by atoms with Crippen LogP contribution >= 0.6 is 0 Å². The summed E-state index contributed by atoms with van der Waals surface area (Å²) < 4.78 is 5.57. The Kier molecular flexibility index (Phi) is 7.51. The molecule has 2 aromatic carbocycles. The summed E-state index contributed by atoms with van der Waals surface area (Å²) in [5.41, 5.74) is 4.55. The first kappa shape index (κ1) is 23.3. The Balaban J connectivity index is 1.61. The maximum Gasteiger partial charge on any atom is 0.407 e. The minimum atomic E-state index is -1.08. The molecule has 0 saturated carbocycles. The van der Waals surface area contributed by atoms with Gasteiger partial charge in [-0.25, -0.2) is 9.59 Å². The van der Waals surface area contributed by atoms with Gasteiger partial charge in [-0.05, 0) is 34.6 Å². The molecule has 2 amide bonds. The molecule has 1 aliphatic rings. The number of carbonyl (C=O) groups excluding carboxylic acids is 2. The summed E-state index contributed by atoms with van der Waals surface area (Å²) in [6, 6.07) is 14.8. The van der Waals surface area contributed by atoms with Crippen molar-refractivity contribution in [3.63, 3.8) is 0 Å². The second-order valence-corrected chi connectivity index (χ2v) is 8.39. The zero-order chi connectivity index (χ0) is 23.3. The topological polar surface area (TPSA) is 105 Å². The van der Waals surface area contributed by atoms with Crippen molar-refractivity contribution < 1.29 is 24.2 Å². The van der Waals surface area contributed by atoms with Crippen LogP contribution in [-0.4, -0.2) is 41.8 Å². The molecule has 0 aromatic heterocycles. The average Bonchev–Trinajstić information content (AvgIpc) is 3.09. The zero-order valence-corrected chi connectivity index (χ0v) is 18.6. The fourth-order valence-electron chi connectivity index (χ4n) is 4.04. The number of carboxylic acid groups (broad SMARTS) is 1. The molecule has 0 spiro atoms. The van der Waals surface area contributed by atoms with Crippen LogP contribution in [0.1, 0.15) is 50.7 Å². The highest BCUT2D eigenvalue weighted by Crippen LogP contribution is 2.44. The zero-order valence-electron chi connectivity index (χ0n) is 18.6. The minimum absolute atomic E-state index is 0.0222. The summed E-state index contributed by atoms with van der Waals surface area (Å²) >= 11 is 0. The van der Waals surface area contributed by atoms with Crippen molar-refractivity contribution in [1.82, 2.24) is 10.6 Å². The van der Waals surface area contributed by atoms with Crippen LogP contribution in [0.25, 0.3) is 11.1 Å². The van der Waals surface area contributed by atoms with E-state index in [9.17, 15) is 14.4 Å². The van der Waals surface area contributed by atoms with Crippen molar-refractivity contribution in [3.05, 3.63) is 59.7 Å². The van der Waals surface area contributed by atoms with Crippen molar-refractivity contribution in [2.75, 3.05) is 6.61 Å². The van der Waals surface area contributed by atoms with E-state index >= 15 is 0 Å². The number of aliphatic carboxylic acids is 1. The summed E-state index contributed by atoms with van der Waals surface area (Å²) in [5.74, 6) is -1.58. The van der Waals surface area contributed by atoms with Crippen LogP contribution in [0.15, 0.2) is 48.5 Å². The van der Waals surface area contributed by atoms with Crippen LogP contribution in [0.2, 0.25) is 0 Å². The highest BCUT2D eigenvalue weighted by Gasteiger charge is 2.30. The molecule has 170 valence electrons. The van der Waals surface area contributed by atoms with E-state index < -0.39 is 30.1 Å². The molecule has 0 heterocycles. The smallest absolute Gasteiger partial charge is 0.407 e. The van der Waals surface area contributed by atoms with Crippen LogP contribution in [-0.2, 0) is 14.3 Å². The molecule has 32 heavy (non-hydrogen) atoms. The lowest BCUT2D eigenvalue weighted by atomic mass is 9.98.